The van der Waals surface area contributed by atoms with E-state index in [2.05, 4.69) is 31.2 Å². The molecule has 0 amide bonds. The molecule has 1 fully saturated rings. The average molecular weight is 435 g/mol. The Morgan fingerprint density at radius 1 is 1.16 bits per heavy atom. The van der Waals surface area contributed by atoms with Gasteiger partial charge in [0, 0.05) is 17.7 Å². The van der Waals surface area contributed by atoms with Crippen LogP contribution in [0, 0.1) is 17.1 Å². The number of nitriles is 1. The van der Waals surface area contributed by atoms with Gasteiger partial charge in [-0.3, -0.25) is 4.98 Å². The minimum atomic E-state index is -0.528. The zero-order valence-corrected chi connectivity index (χ0v) is 17.0. The lowest BCUT2D eigenvalue weighted by Gasteiger charge is -2.01. The maximum atomic E-state index is 14.3. The van der Waals surface area contributed by atoms with Crippen LogP contribution in [-0.2, 0) is 0 Å². The van der Waals surface area contributed by atoms with Gasteiger partial charge >= 0.3 is 0 Å². The summed E-state index contributed by atoms with van der Waals surface area (Å²) in [6, 6.07) is 9.90. The molecule has 1 aliphatic carbocycles. The van der Waals surface area contributed by atoms with Crippen molar-refractivity contribution >= 4 is 11.6 Å². The minimum Gasteiger partial charge on any atom is -0.332 e. The number of halogens is 2. The number of H-pyrrole nitrogens is 1. The highest BCUT2D eigenvalue weighted by atomic mass is 35.5. The predicted octanol–water partition coefficient (Wildman–Crippen LogP) is 5.51. The van der Waals surface area contributed by atoms with Gasteiger partial charge in [-0.15, -0.1) is 0 Å². The zero-order valence-electron chi connectivity index (χ0n) is 16.3. The fraction of sp³-hybridized carbons (Fsp3) is 0.227. The van der Waals surface area contributed by atoms with Crippen LogP contribution in [-0.4, -0.2) is 25.1 Å². The highest BCUT2D eigenvalue weighted by Crippen LogP contribution is 2.34. The second-order valence-corrected chi connectivity index (χ2v) is 7.80. The first-order valence-corrected chi connectivity index (χ1v) is 10.3. The Hall–Kier alpha value is -3.57. The Bertz CT molecular complexity index is 1260. The topological polar surface area (TPSA) is 104 Å². The lowest BCUT2D eigenvalue weighted by atomic mass is 10.1. The van der Waals surface area contributed by atoms with E-state index in [1.165, 1.54) is 25.0 Å². The smallest absolute Gasteiger partial charge is 0.276 e. The summed E-state index contributed by atoms with van der Waals surface area (Å²) in [6.45, 7) is 0. The van der Waals surface area contributed by atoms with E-state index in [0.29, 0.717) is 28.8 Å². The van der Waals surface area contributed by atoms with Crippen LogP contribution >= 0.6 is 11.6 Å². The van der Waals surface area contributed by atoms with Crippen LogP contribution in [0.15, 0.2) is 41.1 Å². The van der Waals surface area contributed by atoms with Gasteiger partial charge in [0.2, 0.25) is 0 Å². The van der Waals surface area contributed by atoms with Gasteiger partial charge in [0.15, 0.2) is 5.82 Å². The normalized spacial score (nSPS) is 14.1. The van der Waals surface area contributed by atoms with Gasteiger partial charge in [0.1, 0.15) is 34.8 Å². The molecular weight excluding hydrogens is 419 g/mol. The van der Waals surface area contributed by atoms with E-state index in [4.69, 9.17) is 16.1 Å². The number of benzene rings is 1. The van der Waals surface area contributed by atoms with Crippen molar-refractivity contribution in [3.05, 3.63) is 58.9 Å². The molecule has 1 N–H and O–H groups in total. The van der Waals surface area contributed by atoms with E-state index in [1.54, 1.807) is 24.4 Å². The number of nitrogens with zero attached hydrogens (tertiary/aromatic N) is 5. The summed E-state index contributed by atoms with van der Waals surface area (Å²) in [5.74, 6) is 1.08. The molecule has 0 atom stereocenters. The Morgan fingerprint density at radius 2 is 2.00 bits per heavy atom. The van der Waals surface area contributed by atoms with E-state index >= 15 is 0 Å². The molecule has 7 nitrogen and oxygen atoms in total. The molecule has 154 valence electrons. The van der Waals surface area contributed by atoms with Gasteiger partial charge in [-0.05, 0) is 37.1 Å². The third kappa shape index (κ3) is 3.57. The van der Waals surface area contributed by atoms with Crippen molar-refractivity contribution < 1.29 is 8.91 Å². The number of pyridine rings is 1. The first kappa shape index (κ1) is 19.4. The number of nitrogens with one attached hydrogen (secondary N) is 1. The van der Waals surface area contributed by atoms with Crippen molar-refractivity contribution in [2.75, 3.05) is 0 Å². The van der Waals surface area contributed by atoms with E-state index in [0.717, 1.165) is 18.7 Å². The van der Waals surface area contributed by atoms with Crippen molar-refractivity contribution in [3.63, 3.8) is 0 Å². The first-order chi connectivity index (χ1) is 15.1. The summed E-state index contributed by atoms with van der Waals surface area (Å²) in [7, 11) is 0. The molecule has 0 aliphatic heterocycles. The molecule has 0 saturated heterocycles. The molecule has 1 saturated carbocycles. The monoisotopic (exact) mass is 434 g/mol. The molecule has 0 bridgehead atoms. The van der Waals surface area contributed by atoms with Crippen molar-refractivity contribution in [1.29, 1.82) is 5.26 Å². The summed E-state index contributed by atoms with van der Waals surface area (Å²) in [4.78, 5) is 16.1. The Kier molecular flexibility index (Phi) is 4.96. The third-order valence-electron chi connectivity index (χ3n) is 5.43. The Labute approximate surface area is 181 Å². The molecule has 3 heterocycles. The van der Waals surface area contributed by atoms with Crippen LogP contribution < -0.4 is 0 Å². The SMILES string of the molecule is N#Cc1[nH]c(-c2c(F)cccc2Cl)nc1-c1ccc(-c2nc(C3CCCC3)no2)nc1. The molecule has 4 aromatic rings. The molecular formula is C22H16ClFN6O. The number of imidazole rings is 1. The molecule has 1 aromatic carbocycles. The molecule has 0 unspecified atom stereocenters. The van der Waals surface area contributed by atoms with Gasteiger partial charge in [0.05, 0.1) is 10.6 Å². The fourth-order valence-electron chi connectivity index (χ4n) is 3.85. The van der Waals surface area contributed by atoms with Gasteiger partial charge in [-0.25, -0.2) is 9.37 Å². The molecule has 9 heteroatoms. The van der Waals surface area contributed by atoms with E-state index in [-0.39, 0.29) is 22.1 Å². The van der Waals surface area contributed by atoms with Gasteiger partial charge < -0.3 is 9.51 Å². The van der Waals surface area contributed by atoms with E-state index in [1.807, 2.05) is 0 Å². The van der Waals surface area contributed by atoms with Gasteiger partial charge in [-0.2, -0.15) is 10.2 Å². The third-order valence-corrected chi connectivity index (χ3v) is 5.75. The fourth-order valence-corrected chi connectivity index (χ4v) is 4.11. The number of hydrogen-bond donors (Lipinski definition) is 1. The predicted molar refractivity (Wildman–Crippen MR) is 111 cm³/mol. The highest BCUT2D eigenvalue weighted by Gasteiger charge is 2.23. The van der Waals surface area contributed by atoms with Crippen molar-refractivity contribution in [2.45, 2.75) is 31.6 Å². The van der Waals surface area contributed by atoms with Crippen LogP contribution in [0.1, 0.15) is 43.1 Å². The van der Waals surface area contributed by atoms with Crippen LogP contribution in [0.3, 0.4) is 0 Å². The summed E-state index contributed by atoms with van der Waals surface area (Å²) in [5.41, 5.74) is 1.78. The summed E-state index contributed by atoms with van der Waals surface area (Å²) in [5, 5.41) is 13.8. The quantitative estimate of drug-likeness (QED) is 0.454. The summed E-state index contributed by atoms with van der Waals surface area (Å²) >= 11 is 6.13. The van der Waals surface area contributed by atoms with Gasteiger partial charge in [-0.1, -0.05) is 35.7 Å². The Morgan fingerprint density at radius 3 is 2.71 bits per heavy atom. The minimum absolute atomic E-state index is 0.113. The number of hydrogen-bond acceptors (Lipinski definition) is 6. The van der Waals surface area contributed by atoms with Crippen molar-refractivity contribution in [3.8, 4) is 40.3 Å². The molecule has 31 heavy (non-hydrogen) atoms. The van der Waals surface area contributed by atoms with Crippen LogP contribution in [0.4, 0.5) is 4.39 Å². The van der Waals surface area contributed by atoms with Crippen LogP contribution in [0.5, 0.6) is 0 Å². The average Bonchev–Trinajstić information content (AvgIpc) is 3.53. The summed E-state index contributed by atoms with van der Waals surface area (Å²) in [6.07, 6.45) is 6.10. The highest BCUT2D eigenvalue weighted by molar-refractivity contribution is 6.33. The molecule has 5 rings (SSSR count). The molecule has 0 radical (unpaired) electrons. The largest absolute Gasteiger partial charge is 0.332 e. The van der Waals surface area contributed by atoms with E-state index in [9.17, 15) is 9.65 Å². The summed E-state index contributed by atoms with van der Waals surface area (Å²) < 4.78 is 19.7. The standard InChI is InChI=1S/C22H16ClFN6O/c23-14-6-3-7-15(24)18(14)21-27-17(10-25)19(28-21)13-8-9-16(26-11-13)22-29-20(30-31-22)12-4-1-2-5-12/h3,6-9,11-12H,1-2,4-5H2,(H,27,28). The second kappa shape index (κ2) is 7.93. The van der Waals surface area contributed by atoms with Crippen LogP contribution in [0.25, 0.3) is 34.2 Å². The first-order valence-electron chi connectivity index (χ1n) is 9.89. The van der Waals surface area contributed by atoms with E-state index < -0.39 is 5.82 Å². The molecule has 1 aliphatic rings. The Balaban J connectivity index is 1.46. The maximum absolute atomic E-state index is 14.3. The lowest BCUT2D eigenvalue weighted by molar-refractivity contribution is 0.414. The lowest BCUT2D eigenvalue weighted by Crippen LogP contribution is -1.94. The maximum Gasteiger partial charge on any atom is 0.276 e. The second-order valence-electron chi connectivity index (χ2n) is 7.39. The number of rotatable bonds is 4. The number of aromatic amines is 1. The molecule has 3 aromatic heterocycles. The number of aromatic nitrogens is 5. The van der Waals surface area contributed by atoms with Crippen molar-refractivity contribution in [1.82, 2.24) is 25.1 Å². The molecule has 0 spiro atoms. The van der Waals surface area contributed by atoms with Crippen LogP contribution in [0.2, 0.25) is 5.02 Å². The van der Waals surface area contributed by atoms with Gasteiger partial charge in [0.25, 0.3) is 5.89 Å². The zero-order chi connectivity index (χ0) is 21.4. The van der Waals surface area contributed by atoms with Crippen molar-refractivity contribution in [2.24, 2.45) is 0 Å².